The van der Waals surface area contributed by atoms with Gasteiger partial charge in [-0.2, -0.15) is 0 Å². The summed E-state index contributed by atoms with van der Waals surface area (Å²) in [5.41, 5.74) is 0.545. The molecule has 2 N–H and O–H groups in total. The first-order chi connectivity index (χ1) is 12.0. The van der Waals surface area contributed by atoms with Gasteiger partial charge in [-0.3, -0.25) is 9.59 Å². The normalized spacial score (nSPS) is 17.6. The maximum Gasteiger partial charge on any atom is 0.260 e. The fraction of sp³-hybridized carbons (Fsp3) is 0.579. The summed E-state index contributed by atoms with van der Waals surface area (Å²) in [5, 5.41) is 6.33. The van der Waals surface area contributed by atoms with Gasteiger partial charge in [0, 0.05) is 24.6 Å². The summed E-state index contributed by atoms with van der Waals surface area (Å²) < 4.78 is 11.1. The zero-order valence-electron chi connectivity index (χ0n) is 15.3. The van der Waals surface area contributed by atoms with Crippen molar-refractivity contribution in [2.24, 2.45) is 5.41 Å². The van der Waals surface area contributed by atoms with Gasteiger partial charge in [-0.1, -0.05) is 12.1 Å². The number of nitrogens with one attached hydrogen (secondary N) is 2. The molecule has 0 bridgehead atoms. The average molecular weight is 348 g/mol. The topological polar surface area (TPSA) is 76.7 Å². The Morgan fingerprint density at radius 3 is 2.68 bits per heavy atom. The third-order valence-corrected chi connectivity index (χ3v) is 4.68. The highest BCUT2D eigenvalue weighted by Crippen LogP contribution is 2.28. The Morgan fingerprint density at radius 1 is 1.32 bits per heavy atom. The Bertz CT molecular complexity index is 591. The van der Waals surface area contributed by atoms with E-state index in [4.69, 9.17) is 9.47 Å². The second-order valence-electron chi connectivity index (χ2n) is 6.74. The van der Waals surface area contributed by atoms with E-state index in [1.165, 1.54) is 6.92 Å². The van der Waals surface area contributed by atoms with Gasteiger partial charge in [0.1, 0.15) is 5.75 Å². The summed E-state index contributed by atoms with van der Waals surface area (Å²) in [5.74, 6) is 0.320. The lowest BCUT2D eigenvalue weighted by atomic mass is 9.79. The number of rotatable bonds is 8. The van der Waals surface area contributed by atoms with Crippen molar-refractivity contribution >= 4 is 11.7 Å². The Morgan fingerprint density at radius 2 is 2.04 bits per heavy atom. The third kappa shape index (κ3) is 5.54. The van der Waals surface area contributed by atoms with Crippen LogP contribution in [0.2, 0.25) is 0 Å². The lowest BCUT2D eigenvalue weighted by molar-refractivity contribution is -0.128. The molecule has 25 heavy (non-hydrogen) atoms. The average Bonchev–Trinajstić information content (AvgIpc) is 2.61. The standard InChI is InChI=1S/C19H28N2O4/c1-14(22)16-5-4-6-17(11-16)25-15(2)18(23)21-12-19(13-24-3)7-9-20-10-8-19/h4-6,11,15,20H,7-10,12-13H2,1-3H3,(H,21,23). The molecule has 0 spiro atoms. The zero-order valence-corrected chi connectivity index (χ0v) is 15.3. The fourth-order valence-electron chi connectivity index (χ4n) is 3.10. The predicted molar refractivity (Wildman–Crippen MR) is 96.0 cm³/mol. The zero-order chi connectivity index (χ0) is 18.3. The monoisotopic (exact) mass is 348 g/mol. The van der Waals surface area contributed by atoms with E-state index in [0.717, 1.165) is 25.9 Å². The maximum atomic E-state index is 12.4. The molecule has 1 aliphatic heterocycles. The van der Waals surface area contributed by atoms with Gasteiger partial charge in [0.25, 0.3) is 5.91 Å². The van der Waals surface area contributed by atoms with E-state index in [2.05, 4.69) is 10.6 Å². The molecule has 1 fully saturated rings. The summed E-state index contributed by atoms with van der Waals surface area (Å²) in [4.78, 5) is 23.8. The number of benzene rings is 1. The van der Waals surface area contributed by atoms with Crippen LogP contribution < -0.4 is 15.4 Å². The van der Waals surface area contributed by atoms with Crippen molar-refractivity contribution in [3.63, 3.8) is 0 Å². The SMILES string of the molecule is COCC1(CNC(=O)C(C)Oc2cccc(C(C)=O)c2)CCNCC1. The molecule has 0 aromatic heterocycles. The summed E-state index contributed by atoms with van der Waals surface area (Å²) in [6, 6.07) is 6.88. The van der Waals surface area contributed by atoms with E-state index in [9.17, 15) is 9.59 Å². The van der Waals surface area contributed by atoms with Crippen LogP contribution in [-0.2, 0) is 9.53 Å². The van der Waals surface area contributed by atoms with Crippen LogP contribution in [0.4, 0.5) is 0 Å². The molecule has 1 unspecified atom stereocenters. The van der Waals surface area contributed by atoms with Gasteiger partial charge in [0.05, 0.1) is 6.61 Å². The van der Waals surface area contributed by atoms with Crippen molar-refractivity contribution in [1.29, 1.82) is 0 Å². The Kier molecular flexibility index (Phi) is 6.96. The summed E-state index contributed by atoms with van der Waals surface area (Å²) in [7, 11) is 1.69. The summed E-state index contributed by atoms with van der Waals surface area (Å²) >= 11 is 0. The molecule has 1 heterocycles. The molecule has 138 valence electrons. The number of carbonyl (C=O) groups excluding carboxylic acids is 2. The van der Waals surface area contributed by atoms with E-state index < -0.39 is 6.10 Å². The second-order valence-corrected chi connectivity index (χ2v) is 6.74. The minimum atomic E-state index is -0.636. The number of Topliss-reactive ketones (excluding diaryl/α,β-unsaturated/α-hetero) is 1. The molecule has 6 nitrogen and oxygen atoms in total. The molecule has 1 amide bonds. The molecule has 1 atom stereocenters. The molecule has 0 radical (unpaired) electrons. The number of hydrogen-bond acceptors (Lipinski definition) is 5. The fourth-order valence-corrected chi connectivity index (χ4v) is 3.10. The number of carbonyl (C=O) groups is 2. The van der Waals surface area contributed by atoms with Gasteiger partial charge < -0.3 is 20.1 Å². The first kappa shape index (κ1) is 19.4. The van der Waals surface area contributed by atoms with Crippen LogP contribution in [0.3, 0.4) is 0 Å². The molecule has 6 heteroatoms. The van der Waals surface area contributed by atoms with Crippen molar-refractivity contribution < 1.29 is 19.1 Å². The van der Waals surface area contributed by atoms with Gasteiger partial charge in [0.2, 0.25) is 0 Å². The first-order valence-corrected chi connectivity index (χ1v) is 8.71. The van der Waals surface area contributed by atoms with Crippen molar-refractivity contribution in [3.05, 3.63) is 29.8 Å². The minimum absolute atomic E-state index is 0.0239. The number of ketones is 1. The van der Waals surface area contributed by atoms with Crippen molar-refractivity contribution in [3.8, 4) is 5.75 Å². The van der Waals surface area contributed by atoms with Crippen LogP contribution in [0.25, 0.3) is 0 Å². The predicted octanol–water partition coefficient (Wildman–Crippen LogP) is 1.79. The van der Waals surface area contributed by atoms with Crippen molar-refractivity contribution in [2.75, 3.05) is 33.4 Å². The highest BCUT2D eigenvalue weighted by atomic mass is 16.5. The molecule has 0 saturated carbocycles. The Hall–Kier alpha value is -1.92. The minimum Gasteiger partial charge on any atom is -0.481 e. The second kappa shape index (κ2) is 8.97. The highest BCUT2D eigenvalue weighted by Gasteiger charge is 2.33. The summed E-state index contributed by atoms with van der Waals surface area (Å²) in [6.45, 7) is 6.28. The largest absolute Gasteiger partial charge is 0.481 e. The van der Waals surface area contributed by atoms with Crippen LogP contribution in [0.1, 0.15) is 37.0 Å². The summed E-state index contributed by atoms with van der Waals surface area (Å²) in [6.07, 6.45) is 1.30. The highest BCUT2D eigenvalue weighted by molar-refractivity contribution is 5.94. The quantitative estimate of drug-likeness (QED) is 0.701. The lowest BCUT2D eigenvalue weighted by Gasteiger charge is -2.37. The molecule has 1 aromatic rings. The number of ether oxygens (including phenoxy) is 2. The molecule has 0 aliphatic carbocycles. The van der Waals surface area contributed by atoms with Gasteiger partial charge in [-0.05, 0) is 51.9 Å². The van der Waals surface area contributed by atoms with Crippen molar-refractivity contribution in [2.45, 2.75) is 32.8 Å². The Labute approximate surface area is 149 Å². The van der Waals surface area contributed by atoms with Gasteiger partial charge in [0.15, 0.2) is 11.9 Å². The lowest BCUT2D eigenvalue weighted by Crippen LogP contribution is -2.49. The number of methoxy groups -OCH3 is 1. The number of piperidine rings is 1. The van der Waals surface area contributed by atoms with Gasteiger partial charge in [-0.15, -0.1) is 0 Å². The Balaban J connectivity index is 1.91. The maximum absolute atomic E-state index is 12.4. The van der Waals surface area contributed by atoms with Crippen LogP contribution >= 0.6 is 0 Å². The number of amides is 1. The van der Waals surface area contributed by atoms with Crippen LogP contribution in [0.5, 0.6) is 5.75 Å². The van der Waals surface area contributed by atoms with Gasteiger partial charge in [-0.25, -0.2) is 0 Å². The molecule has 1 aliphatic rings. The van der Waals surface area contributed by atoms with Crippen molar-refractivity contribution in [1.82, 2.24) is 10.6 Å². The first-order valence-electron chi connectivity index (χ1n) is 8.71. The molecular formula is C19H28N2O4. The smallest absolute Gasteiger partial charge is 0.260 e. The molecule has 2 rings (SSSR count). The van der Waals surface area contributed by atoms with E-state index >= 15 is 0 Å². The molecular weight excluding hydrogens is 320 g/mol. The van der Waals surface area contributed by atoms with Gasteiger partial charge >= 0.3 is 0 Å². The van der Waals surface area contributed by atoms with Crippen LogP contribution in [0, 0.1) is 5.41 Å². The molecule has 1 aromatic carbocycles. The van der Waals surface area contributed by atoms with E-state index in [1.807, 2.05) is 0 Å². The van der Waals surface area contributed by atoms with Crippen LogP contribution in [0.15, 0.2) is 24.3 Å². The van der Waals surface area contributed by atoms with E-state index in [1.54, 1.807) is 38.3 Å². The molecule has 1 saturated heterocycles. The van der Waals surface area contributed by atoms with E-state index in [0.29, 0.717) is 24.5 Å². The van der Waals surface area contributed by atoms with Crippen LogP contribution in [-0.4, -0.2) is 51.1 Å². The van der Waals surface area contributed by atoms with E-state index in [-0.39, 0.29) is 17.1 Å². The third-order valence-electron chi connectivity index (χ3n) is 4.68. The number of hydrogen-bond donors (Lipinski definition) is 2.